The average Bonchev–Trinajstić information content (AvgIpc) is 2.75. The quantitative estimate of drug-likeness (QED) is 0.857. The Kier molecular flexibility index (Phi) is 4.73. The van der Waals surface area contributed by atoms with Gasteiger partial charge in [-0.15, -0.1) is 0 Å². The highest BCUT2D eigenvalue weighted by Crippen LogP contribution is 2.23. The number of aromatic nitrogens is 1. The second-order valence-electron chi connectivity index (χ2n) is 5.72. The molecule has 1 aromatic carbocycles. The fourth-order valence-corrected chi connectivity index (χ4v) is 2.26. The number of hydrogen-bond donors (Lipinski definition) is 2. The molecular formula is C16H19BrN2O2. The van der Waals surface area contributed by atoms with E-state index < -0.39 is 11.7 Å². The fourth-order valence-electron chi connectivity index (χ4n) is 1.89. The highest BCUT2D eigenvalue weighted by atomic mass is 79.9. The zero-order chi connectivity index (χ0) is 15.5. The van der Waals surface area contributed by atoms with Crippen molar-refractivity contribution < 1.29 is 9.53 Å². The normalized spacial score (nSPS) is 12.0. The Bertz CT molecular complexity index is 668. The van der Waals surface area contributed by atoms with Crippen LogP contribution in [0.4, 0.5) is 4.79 Å². The molecule has 1 aromatic heterocycles. The third-order valence-electron chi connectivity index (χ3n) is 2.74. The van der Waals surface area contributed by atoms with Gasteiger partial charge in [0.1, 0.15) is 5.60 Å². The number of aromatic amines is 1. The minimum atomic E-state index is -0.475. The third-order valence-corrected chi connectivity index (χ3v) is 3.23. The van der Waals surface area contributed by atoms with E-state index in [-0.39, 0.29) is 0 Å². The first-order valence-corrected chi connectivity index (χ1v) is 7.54. The molecule has 0 saturated carbocycles. The third kappa shape index (κ3) is 4.63. The van der Waals surface area contributed by atoms with E-state index in [0.717, 1.165) is 20.9 Å². The van der Waals surface area contributed by atoms with Gasteiger partial charge in [-0.25, -0.2) is 4.79 Å². The summed E-state index contributed by atoms with van der Waals surface area (Å²) in [6.07, 6.45) is 5.41. The maximum atomic E-state index is 11.5. The molecule has 5 heteroatoms. The molecule has 1 amide bonds. The summed E-state index contributed by atoms with van der Waals surface area (Å²) in [5.74, 6) is 0. The predicted molar refractivity (Wildman–Crippen MR) is 89.3 cm³/mol. The molecule has 112 valence electrons. The van der Waals surface area contributed by atoms with Gasteiger partial charge in [-0.1, -0.05) is 28.1 Å². The lowest BCUT2D eigenvalue weighted by Crippen LogP contribution is -2.32. The number of amides is 1. The van der Waals surface area contributed by atoms with Crippen LogP contribution in [0.2, 0.25) is 0 Å². The van der Waals surface area contributed by atoms with E-state index in [1.54, 1.807) is 0 Å². The molecule has 2 rings (SSSR count). The topological polar surface area (TPSA) is 54.1 Å². The number of nitrogens with one attached hydrogen (secondary N) is 2. The van der Waals surface area contributed by atoms with E-state index in [1.165, 1.54) is 0 Å². The van der Waals surface area contributed by atoms with Crippen LogP contribution >= 0.6 is 15.9 Å². The molecule has 0 saturated heterocycles. The smallest absolute Gasteiger partial charge is 0.407 e. The summed E-state index contributed by atoms with van der Waals surface area (Å²) in [6, 6.07) is 6.08. The first kappa shape index (κ1) is 15.6. The maximum Gasteiger partial charge on any atom is 0.407 e. The van der Waals surface area contributed by atoms with E-state index in [2.05, 4.69) is 32.3 Å². The van der Waals surface area contributed by atoms with E-state index in [0.29, 0.717) is 6.54 Å². The van der Waals surface area contributed by atoms with Gasteiger partial charge in [0.05, 0.1) is 0 Å². The number of carbonyl (C=O) groups is 1. The zero-order valence-corrected chi connectivity index (χ0v) is 14.0. The van der Waals surface area contributed by atoms with Crippen molar-refractivity contribution in [2.24, 2.45) is 0 Å². The first-order chi connectivity index (χ1) is 9.85. The Morgan fingerprint density at radius 2 is 2.19 bits per heavy atom. The largest absolute Gasteiger partial charge is 0.444 e. The number of rotatable bonds is 3. The van der Waals surface area contributed by atoms with Gasteiger partial charge in [-0.05, 0) is 44.5 Å². The van der Waals surface area contributed by atoms with E-state index >= 15 is 0 Å². The van der Waals surface area contributed by atoms with Crippen LogP contribution in [-0.4, -0.2) is 23.2 Å². The second kappa shape index (κ2) is 6.35. The van der Waals surface area contributed by atoms with Crippen molar-refractivity contribution in [2.75, 3.05) is 6.54 Å². The Hall–Kier alpha value is -1.75. The van der Waals surface area contributed by atoms with Gasteiger partial charge in [-0.3, -0.25) is 0 Å². The molecule has 0 aliphatic heterocycles. The van der Waals surface area contributed by atoms with Crippen molar-refractivity contribution in [3.8, 4) is 0 Å². The van der Waals surface area contributed by atoms with Crippen molar-refractivity contribution >= 4 is 39.0 Å². The summed E-state index contributed by atoms with van der Waals surface area (Å²) in [5.41, 5.74) is 1.69. The first-order valence-electron chi connectivity index (χ1n) is 6.75. The molecule has 21 heavy (non-hydrogen) atoms. The number of ether oxygens (including phenoxy) is 1. The molecule has 0 radical (unpaired) electrons. The van der Waals surface area contributed by atoms with E-state index in [1.807, 2.05) is 51.3 Å². The number of carbonyl (C=O) groups excluding carboxylic acids is 1. The van der Waals surface area contributed by atoms with Gasteiger partial charge < -0.3 is 15.0 Å². The van der Waals surface area contributed by atoms with Crippen LogP contribution < -0.4 is 5.32 Å². The van der Waals surface area contributed by atoms with Gasteiger partial charge in [-0.2, -0.15) is 0 Å². The Morgan fingerprint density at radius 1 is 1.43 bits per heavy atom. The molecular weight excluding hydrogens is 332 g/mol. The van der Waals surface area contributed by atoms with Gasteiger partial charge in [0.2, 0.25) is 0 Å². The summed E-state index contributed by atoms with van der Waals surface area (Å²) in [5, 5.41) is 3.83. The number of alkyl carbamates (subject to hydrolysis) is 1. The molecule has 2 N–H and O–H groups in total. The fraction of sp³-hybridized carbons (Fsp3) is 0.312. The maximum absolute atomic E-state index is 11.5. The SMILES string of the molecule is CC(C)(C)OC(=O)NCC=Cc1c[nH]c2ccc(Br)cc12. The van der Waals surface area contributed by atoms with Crippen LogP contribution in [0.1, 0.15) is 26.3 Å². The highest BCUT2D eigenvalue weighted by Gasteiger charge is 2.14. The number of benzene rings is 1. The van der Waals surface area contributed by atoms with Crippen molar-refractivity contribution in [1.82, 2.24) is 10.3 Å². The molecule has 0 aliphatic rings. The molecule has 1 heterocycles. The van der Waals surface area contributed by atoms with E-state index in [9.17, 15) is 4.79 Å². The van der Waals surface area contributed by atoms with Crippen molar-refractivity contribution in [2.45, 2.75) is 26.4 Å². The summed E-state index contributed by atoms with van der Waals surface area (Å²) in [7, 11) is 0. The highest BCUT2D eigenvalue weighted by molar-refractivity contribution is 9.10. The summed E-state index contributed by atoms with van der Waals surface area (Å²) >= 11 is 3.47. The zero-order valence-electron chi connectivity index (χ0n) is 12.4. The lowest BCUT2D eigenvalue weighted by molar-refractivity contribution is 0.0534. The van der Waals surface area contributed by atoms with Crippen molar-refractivity contribution in [3.05, 3.63) is 40.5 Å². The lowest BCUT2D eigenvalue weighted by atomic mass is 10.1. The number of H-pyrrole nitrogens is 1. The average molecular weight is 351 g/mol. The molecule has 0 bridgehead atoms. The van der Waals surface area contributed by atoms with Gasteiger partial charge in [0.25, 0.3) is 0 Å². The lowest BCUT2D eigenvalue weighted by Gasteiger charge is -2.19. The Balaban J connectivity index is 1.95. The van der Waals surface area contributed by atoms with Crippen LogP contribution in [-0.2, 0) is 4.74 Å². The van der Waals surface area contributed by atoms with Crippen LogP contribution in [0, 0.1) is 0 Å². The Labute approximate surface area is 132 Å². The minimum absolute atomic E-state index is 0.408. The molecule has 0 atom stereocenters. The van der Waals surface area contributed by atoms with E-state index in [4.69, 9.17) is 4.74 Å². The Morgan fingerprint density at radius 3 is 2.90 bits per heavy atom. The van der Waals surface area contributed by atoms with Crippen molar-refractivity contribution in [3.63, 3.8) is 0 Å². The number of fused-ring (bicyclic) bond motifs is 1. The molecule has 0 unspecified atom stereocenters. The summed E-state index contributed by atoms with van der Waals surface area (Å²) < 4.78 is 6.20. The number of halogens is 1. The minimum Gasteiger partial charge on any atom is -0.444 e. The van der Waals surface area contributed by atoms with Crippen LogP contribution in [0.5, 0.6) is 0 Å². The summed E-state index contributed by atoms with van der Waals surface area (Å²) in [6.45, 7) is 5.94. The molecule has 4 nitrogen and oxygen atoms in total. The number of hydrogen-bond acceptors (Lipinski definition) is 2. The predicted octanol–water partition coefficient (Wildman–Crippen LogP) is 4.47. The molecule has 0 fully saturated rings. The molecule has 0 spiro atoms. The molecule has 0 aliphatic carbocycles. The van der Waals surface area contributed by atoms with Crippen molar-refractivity contribution in [1.29, 1.82) is 0 Å². The monoisotopic (exact) mass is 350 g/mol. The van der Waals surface area contributed by atoms with Gasteiger partial charge in [0.15, 0.2) is 0 Å². The standard InChI is InChI=1S/C16H19BrN2O2/c1-16(2,3)21-15(20)18-8-4-5-11-10-19-14-7-6-12(17)9-13(11)14/h4-7,9-10,19H,8H2,1-3H3,(H,18,20). The summed E-state index contributed by atoms with van der Waals surface area (Å²) in [4.78, 5) is 14.7. The molecule has 2 aromatic rings. The second-order valence-corrected chi connectivity index (χ2v) is 6.63. The van der Waals surface area contributed by atoms with Gasteiger partial charge >= 0.3 is 6.09 Å². The van der Waals surface area contributed by atoms with Crippen LogP contribution in [0.15, 0.2) is 34.9 Å². The van der Waals surface area contributed by atoms with Gasteiger partial charge in [0, 0.05) is 28.1 Å². The van der Waals surface area contributed by atoms with Crippen LogP contribution in [0.3, 0.4) is 0 Å². The van der Waals surface area contributed by atoms with Crippen LogP contribution in [0.25, 0.3) is 17.0 Å².